The molecule has 1 saturated carbocycles. The number of nitrogens with zero attached hydrogens (tertiary/aromatic N) is 3. The molecule has 1 fully saturated rings. The Bertz CT molecular complexity index is 652. The van der Waals surface area contributed by atoms with E-state index < -0.39 is 0 Å². The molecule has 2 unspecified atom stereocenters. The van der Waals surface area contributed by atoms with E-state index in [1.54, 1.807) is 0 Å². The molecule has 2 aliphatic rings. The van der Waals surface area contributed by atoms with Crippen LogP contribution in [-0.4, -0.2) is 30.8 Å². The van der Waals surface area contributed by atoms with Gasteiger partial charge in [0, 0.05) is 31.0 Å². The maximum Gasteiger partial charge on any atom is 0.265 e. The summed E-state index contributed by atoms with van der Waals surface area (Å²) in [6, 6.07) is 8.30. The number of benzene rings is 1. The predicted molar refractivity (Wildman–Crippen MR) is 74.2 cm³/mol. The van der Waals surface area contributed by atoms with Gasteiger partial charge in [-0.25, -0.2) is 0 Å². The minimum absolute atomic E-state index is 0.144. The molecule has 1 aromatic carbocycles. The second-order valence-corrected chi connectivity index (χ2v) is 5.83. The zero-order valence-corrected chi connectivity index (χ0v) is 11.7. The fourth-order valence-electron chi connectivity index (χ4n) is 3.23. The van der Waals surface area contributed by atoms with E-state index in [2.05, 4.69) is 22.3 Å². The lowest BCUT2D eigenvalue weighted by atomic mass is 9.87. The van der Waals surface area contributed by atoms with E-state index in [9.17, 15) is 0 Å². The Hall–Kier alpha value is -2.04. The molecule has 5 heteroatoms. The Labute approximate surface area is 117 Å². The number of fused-ring (bicyclic) bond motifs is 2. The molecule has 2 aromatic rings. The second-order valence-electron chi connectivity index (χ2n) is 5.83. The van der Waals surface area contributed by atoms with Gasteiger partial charge in [-0.05, 0) is 24.1 Å². The number of hydrogen-bond acceptors (Lipinski definition) is 5. The van der Waals surface area contributed by atoms with Gasteiger partial charge in [0.2, 0.25) is 5.89 Å². The van der Waals surface area contributed by atoms with Crippen LogP contribution in [0.25, 0.3) is 0 Å². The Morgan fingerprint density at radius 2 is 2.15 bits per heavy atom. The van der Waals surface area contributed by atoms with Crippen LogP contribution in [0.5, 0.6) is 5.75 Å². The summed E-state index contributed by atoms with van der Waals surface area (Å²) in [5.41, 5.74) is 1.44. The van der Waals surface area contributed by atoms with Crippen molar-refractivity contribution in [2.45, 2.75) is 24.2 Å². The first-order valence-electron chi connectivity index (χ1n) is 6.94. The molecule has 2 atom stereocenters. The van der Waals surface area contributed by atoms with E-state index in [-0.39, 0.29) is 5.41 Å². The fourth-order valence-corrected chi connectivity index (χ4v) is 3.23. The maximum absolute atomic E-state index is 5.75. The van der Waals surface area contributed by atoms with Crippen molar-refractivity contribution in [2.75, 3.05) is 25.6 Å². The molecule has 104 valence electrons. The second kappa shape index (κ2) is 3.98. The predicted octanol–water partition coefficient (Wildman–Crippen LogP) is 2.34. The SMILES string of the molecule is CN(C)c1noc(C2CC23CCOc2ccccc23)n1. The van der Waals surface area contributed by atoms with Crippen LogP contribution >= 0.6 is 0 Å². The van der Waals surface area contributed by atoms with Crippen LogP contribution in [0, 0.1) is 0 Å². The summed E-state index contributed by atoms with van der Waals surface area (Å²) in [6.07, 6.45) is 2.09. The summed E-state index contributed by atoms with van der Waals surface area (Å²) in [6.45, 7) is 0.766. The van der Waals surface area contributed by atoms with Crippen LogP contribution in [0.3, 0.4) is 0 Å². The summed E-state index contributed by atoms with van der Waals surface area (Å²) >= 11 is 0. The molecular weight excluding hydrogens is 254 g/mol. The average Bonchev–Trinajstić information content (AvgIpc) is 2.96. The summed E-state index contributed by atoms with van der Waals surface area (Å²) in [5.74, 6) is 2.73. The number of aromatic nitrogens is 2. The molecule has 5 nitrogen and oxygen atoms in total. The van der Waals surface area contributed by atoms with Crippen LogP contribution in [0.4, 0.5) is 5.95 Å². The number of rotatable bonds is 2. The number of hydrogen-bond donors (Lipinski definition) is 0. The van der Waals surface area contributed by atoms with Gasteiger partial charge in [0.05, 0.1) is 6.61 Å². The van der Waals surface area contributed by atoms with Crippen molar-refractivity contribution in [3.63, 3.8) is 0 Å². The molecule has 2 heterocycles. The zero-order chi connectivity index (χ0) is 13.7. The van der Waals surface area contributed by atoms with Crippen molar-refractivity contribution in [2.24, 2.45) is 0 Å². The van der Waals surface area contributed by atoms with E-state index in [4.69, 9.17) is 9.26 Å². The molecule has 0 N–H and O–H groups in total. The first kappa shape index (κ1) is 11.8. The van der Waals surface area contributed by atoms with Gasteiger partial charge < -0.3 is 14.2 Å². The highest BCUT2D eigenvalue weighted by Gasteiger charge is 2.60. The van der Waals surface area contributed by atoms with E-state index in [1.807, 2.05) is 31.1 Å². The Kier molecular flexibility index (Phi) is 2.34. The van der Waals surface area contributed by atoms with E-state index in [1.165, 1.54) is 5.56 Å². The number of anilines is 1. The lowest BCUT2D eigenvalue weighted by Gasteiger charge is -2.26. The first-order valence-corrected chi connectivity index (χ1v) is 6.94. The lowest BCUT2D eigenvalue weighted by molar-refractivity contribution is 0.254. The monoisotopic (exact) mass is 271 g/mol. The van der Waals surface area contributed by atoms with E-state index >= 15 is 0 Å². The van der Waals surface area contributed by atoms with Crippen molar-refractivity contribution in [3.8, 4) is 5.75 Å². The third kappa shape index (κ3) is 1.55. The summed E-state index contributed by atoms with van der Waals surface area (Å²) in [7, 11) is 3.84. The summed E-state index contributed by atoms with van der Waals surface area (Å²) in [5, 5.41) is 4.02. The van der Waals surface area contributed by atoms with Gasteiger partial charge in [0.25, 0.3) is 5.95 Å². The van der Waals surface area contributed by atoms with Gasteiger partial charge in [-0.15, -0.1) is 0 Å². The Balaban J connectivity index is 1.69. The van der Waals surface area contributed by atoms with Crippen LogP contribution in [0.15, 0.2) is 28.8 Å². The molecular formula is C15H17N3O2. The molecule has 1 aliphatic heterocycles. The van der Waals surface area contributed by atoms with Gasteiger partial charge in [0.1, 0.15) is 5.75 Å². The highest BCUT2D eigenvalue weighted by molar-refractivity contribution is 5.49. The van der Waals surface area contributed by atoms with Gasteiger partial charge in [-0.3, -0.25) is 0 Å². The highest BCUT2D eigenvalue weighted by atomic mass is 16.5. The third-order valence-electron chi connectivity index (χ3n) is 4.43. The maximum atomic E-state index is 5.75. The van der Waals surface area contributed by atoms with Crippen molar-refractivity contribution in [1.82, 2.24) is 10.1 Å². The average molecular weight is 271 g/mol. The van der Waals surface area contributed by atoms with E-state index in [0.29, 0.717) is 11.9 Å². The smallest absolute Gasteiger partial charge is 0.265 e. The van der Waals surface area contributed by atoms with Gasteiger partial charge in [-0.1, -0.05) is 18.2 Å². The van der Waals surface area contributed by atoms with Crippen molar-refractivity contribution < 1.29 is 9.26 Å². The van der Waals surface area contributed by atoms with E-state index in [0.717, 1.165) is 31.1 Å². The quantitative estimate of drug-likeness (QED) is 0.839. The molecule has 4 rings (SSSR count). The van der Waals surface area contributed by atoms with Crippen LogP contribution in [0.1, 0.15) is 30.2 Å². The van der Waals surface area contributed by atoms with Crippen molar-refractivity contribution >= 4 is 5.95 Å². The standard InChI is InChI=1S/C15H17N3O2/c1-18(2)14-16-13(20-17-14)11-9-15(11)7-8-19-12-6-4-3-5-10(12)15/h3-6,11H,7-9H2,1-2H3. The number of ether oxygens (including phenoxy) is 1. The molecule has 20 heavy (non-hydrogen) atoms. The molecule has 0 radical (unpaired) electrons. The molecule has 1 aromatic heterocycles. The Morgan fingerprint density at radius 3 is 2.95 bits per heavy atom. The highest BCUT2D eigenvalue weighted by Crippen LogP contribution is 2.65. The summed E-state index contributed by atoms with van der Waals surface area (Å²) in [4.78, 5) is 6.36. The van der Waals surface area contributed by atoms with Crippen LogP contribution in [-0.2, 0) is 5.41 Å². The lowest BCUT2D eigenvalue weighted by Crippen LogP contribution is -2.21. The van der Waals surface area contributed by atoms with Gasteiger partial charge >= 0.3 is 0 Å². The van der Waals surface area contributed by atoms with Gasteiger partial charge in [0.15, 0.2) is 0 Å². The largest absolute Gasteiger partial charge is 0.493 e. The van der Waals surface area contributed by atoms with Crippen molar-refractivity contribution in [1.29, 1.82) is 0 Å². The Morgan fingerprint density at radius 1 is 1.30 bits per heavy atom. The molecule has 0 amide bonds. The minimum atomic E-state index is 0.144. The molecule has 0 saturated heterocycles. The van der Waals surface area contributed by atoms with Crippen molar-refractivity contribution in [3.05, 3.63) is 35.7 Å². The minimum Gasteiger partial charge on any atom is -0.493 e. The molecule has 0 bridgehead atoms. The first-order chi connectivity index (χ1) is 9.71. The molecule has 1 spiro atoms. The van der Waals surface area contributed by atoms with Gasteiger partial charge in [-0.2, -0.15) is 4.98 Å². The summed E-state index contributed by atoms with van der Waals surface area (Å²) < 4.78 is 11.2. The number of para-hydroxylation sites is 1. The zero-order valence-electron chi connectivity index (χ0n) is 11.7. The fraction of sp³-hybridized carbons (Fsp3) is 0.467. The normalized spacial score (nSPS) is 27.0. The molecule has 1 aliphatic carbocycles. The van der Waals surface area contributed by atoms with Crippen LogP contribution < -0.4 is 9.64 Å². The third-order valence-corrected chi connectivity index (χ3v) is 4.43. The topological polar surface area (TPSA) is 51.4 Å². The van der Waals surface area contributed by atoms with Crippen LogP contribution in [0.2, 0.25) is 0 Å².